The summed E-state index contributed by atoms with van der Waals surface area (Å²) in [6.07, 6.45) is 0. The largest absolute Gasteiger partial charge is 0.495 e. The lowest BCUT2D eigenvalue weighted by molar-refractivity contribution is -0.119. The molecule has 35 heavy (non-hydrogen) atoms. The average Bonchev–Trinajstić information content (AvgIpc) is 2.87. The topological polar surface area (TPSA) is 99.5 Å². The van der Waals surface area contributed by atoms with Crippen molar-refractivity contribution in [2.75, 3.05) is 19.0 Å². The van der Waals surface area contributed by atoms with Gasteiger partial charge < -0.3 is 14.8 Å². The summed E-state index contributed by atoms with van der Waals surface area (Å²) in [6, 6.07) is 19.2. The number of hydrogen-bond donors (Lipinski definition) is 1. The Morgan fingerprint density at radius 3 is 2.43 bits per heavy atom. The molecule has 0 atom stereocenters. The summed E-state index contributed by atoms with van der Waals surface area (Å²) in [5.41, 5.74) is 1.61. The first kappa shape index (κ1) is 24.0. The molecule has 0 saturated heterocycles. The van der Waals surface area contributed by atoms with Gasteiger partial charge in [-0.2, -0.15) is 5.10 Å². The number of amides is 1. The van der Waals surface area contributed by atoms with E-state index in [0.717, 1.165) is 11.1 Å². The number of nitrogens with zero attached hydrogens (tertiary/aromatic N) is 2. The molecule has 4 rings (SSSR count). The van der Waals surface area contributed by atoms with Gasteiger partial charge in [-0.15, -0.1) is 0 Å². The van der Waals surface area contributed by atoms with Gasteiger partial charge in [-0.3, -0.25) is 9.59 Å². The molecule has 0 radical (unpaired) electrons. The Labute approximate surface area is 206 Å². The highest BCUT2D eigenvalue weighted by Crippen LogP contribution is 2.30. The van der Waals surface area contributed by atoms with Crippen molar-refractivity contribution >= 4 is 39.9 Å². The molecular formula is C26H22ClN3O5. The minimum absolute atomic E-state index is 0.0520. The van der Waals surface area contributed by atoms with Gasteiger partial charge in [-0.1, -0.05) is 60.1 Å². The van der Waals surface area contributed by atoms with Crippen molar-refractivity contribution in [2.45, 2.75) is 13.5 Å². The van der Waals surface area contributed by atoms with Crippen LogP contribution in [0.5, 0.6) is 5.75 Å². The van der Waals surface area contributed by atoms with Crippen LogP contribution >= 0.6 is 11.6 Å². The van der Waals surface area contributed by atoms with Gasteiger partial charge in [0.25, 0.3) is 11.5 Å². The lowest BCUT2D eigenvalue weighted by Gasteiger charge is -2.13. The van der Waals surface area contributed by atoms with E-state index in [1.807, 2.05) is 30.3 Å². The van der Waals surface area contributed by atoms with Crippen LogP contribution in [0.1, 0.15) is 21.6 Å². The molecule has 9 heteroatoms. The van der Waals surface area contributed by atoms with Crippen LogP contribution in [0.25, 0.3) is 10.8 Å². The number of ether oxygens (including phenoxy) is 2. The van der Waals surface area contributed by atoms with E-state index in [1.165, 1.54) is 11.8 Å². The fraction of sp³-hybridized carbons (Fsp3) is 0.154. The highest BCUT2D eigenvalue weighted by atomic mass is 35.5. The quantitative estimate of drug-likeness (QED) is 0.389. The van der Waals surface area contributed by atoms with E-state index < -0.39 is 18.5 Å². The Morgan fingerprint density at radius 2 is 1.71 bits per heavy atom. The molecule has 3 aromatic carbocycles. The molecule has 4 aromatic rings. The molecule has 1 aromatic heterocycles. The summed E-state index contributed by atoms with van der Waals surface area (Å²) < 4.78 is 11.7. The first-order valence-electron chi connectivity index (χ1n) is 10.7. The van der Waals surface area contributed by atoms with Gasteiger partial charge in [0.05, 0.1) is 24.7 Å². The van der Waals surface area contributed by atoms with Gasteiger partial charge in [-0.05, 0) is 30.2 Å². The number of carbonyl (C=O) groups is 2. The number of esters is 1. The molecule has 0 spiro atoms. The van der Waals surface area contributed by atoms with Crippen LogP contribution in [0.3, 0.4) is 0 Å². The van der Waals surface area contributed by atoms with Crippen molar-refractivity contribution in [3.63, 3.8) is 0 Å². The zero-order chi connectivity index (χ0) is 24.9. The van der Waals surface area contributed by atoms with Gasteiger partial charge in [0.2, 0.25) is 0 Å². The predicted octanol–water partition coefficient (Wildman–Crippen LogP) is 4.21. The van der Waals surface area contributed by atoms with Crippen LogP contribution in [0.15, 0.2) is 71.5 Å². The monoisotopic (exact) mass is 491 g/mol. The molecule has 0 aliphatic carbocycles. The third kappa shape index (κ3) is 5.33. The number of fused-ring (bicyclic) bond motifs is 1. The summed E-state index contributed by atoms with van der Waals surface area (Å²) in [5.74, 6) is -1.02. The SMILES string of the molecule is COc1cc(Cl)c(C)cc1NC(=O)COC(=O)c1nn(Cc2ccccc2)c(=O)c2ccccc12. The number of halogens is 1. The maximum atomic E-state index is 13.0. The molecule has 0 aliphatic heterocycles. The van der Waals surface area contributed by atoms with Crippen molar-refractivity contribution in [2.24, 2.45) is 0 Å². The number of benzene rings is 3. The number of aromatic nitrogens is 2. The van der Waals surface area contributed by atoms with Crippen LogP contribution < -0.4 is 15.6 Å². The summed E-state index contributed by atoms with van der Waals surface area (Å²) in [5, 5.41) is 8.10. The lowest BCUT2D eigenvalue weighted by Crippen LogP contribution is -2.28. The van der Waals surface area contributed by atoms with Crippen LogP contribution in [0.4, 0.5) is 5.69 Å². The predicted molar refractivity (Wildman–Crippen MR) is 133 cm³/mol. The van der Waals surface area contributed by atoms with E-state index in [4.69, 9.17) is 21.1 Å². The molecule has 0 aliphatic rings. The van der Waals surface area contributed by atoms with Crippen LogP contribution in [-0.2, 0) is 16.1 Å². The Balaban J connectivity index is 1.56. The molecule has 8 nitrogen and oxygen atoms in total. The van der Waals surface area contributed by atoms with E-state index in [1.54, 1.807) is 43.3 Å². The van der Waals surface area contributed by atoms with Crippen molar-refractivity contribution in [3.05, 3.63) is 98.9 Å². The Kier molecular flexibility index (Phi) is 7.12. The van der Waals surface area contributed by atoms with E-state index in [0.29, 0.717) is 27.2 Å². The molecular weight excluding hydrogens is 470 g/mol. The highest BCUT2D eigenvalue weighted by molar-refractivity contribution is 6.31. The molecule has 1 amide bonds. The number of nitrogens with one attached hydrogen (secondary N) is 1. The Hall–Kier alpha value is -4.17. The normalized spacial score (nSPS) is 10.7. The van der Waals surface area contributed by atoms with E-state index in [-0.39, 0.29) is 17.8 Å². The lowest BCUT2D eigenvalue weighted by atomic mass is 10.1. The van der Waals surface area contributed by atoms with Crippen molar-refractivity contribution in [1.82, 2.24) is 9.78 Å². The zero-order valence-electron chi connectivity index (χ0n) is 19.1. The van der Waals surface area contributed by atoms with Crippen molar-refractivity contribution in [1.29, 1.82) is 0 Å². The van der Waals surface area contributed by atoms with Crippen molar-refractivity contribution in [3.8, 4) is 5.75 Å². The molecule has 178 valence electrons. The minimum atomic E-state index is -0.822. The molecule has 0 saturated carbocycles. The van der Waals surface area contributed by atoms with Gasteiger partial charge in [0.15, 0.2) is 12.3 Å². The second kappa shape index (κ2) is 10.4. The molecule has 0 bridgehead atoms. The first-order chi connectivity index (χ1) is 16.9. The van der Waals surface area contributed by atoms with Gasteiger partial charge in [0.1, 0.15) is 5.75 Å². The van der Waals surface area contributed by atoms with Gasteiger partial charge in [0, 0.05) is 16.5 Å². The summed E-state index contributed by atoms with van der Waals surface area (Å²) in [6.45, 7) is 1.41. The third-order valence-corrected chi connectivity index (χ3v) is 5.73. The summed E-state index contributed by atoms with van der Waals surface area (Å²) in [7, 11) is 1.46. The maximum absolute atomic E-state index is 13.0. The molecule has 1 heterocycles. The number of anilines is 1. The Bertz CT molecular complexity index is 1470. The smallest absolute Gasteiger partial charge is 0.359 e. The second-order valence-corrected chi connectivity index (χ2v) is 8.18. The second-order valence-electron chi connectivity index (χ2n) is 7.77. The minimum Gasteiger partial charge on any atom is -0.495 e. The molecule has 0 unspecified atom stereocenters. The van der Waals surface area contributed by atoms with E-state index in [9.17, 15) is 14.4 Å². The highest BCUT2D eigenvalue weighted by Gasteiger charge is 2.20. The number of methoxy groups -OCH3 is 1. The number of aryl methyl sites for hydroxylation is 1. The summed E-state index contributed by atoms with van der Waals surface area (Å²) >= 11 is 6.10. The number of rotatable bonds is 7. The standard InChI is InChI=1S/C26H22ClN3O5/c1-16-12-21(22(34-2)13-20(16)27)28-23(31)15-35-26(33)24-18-10-6-7-11-19(18)25(32)30(29-24)14-17-8-4-3-5-9-17/h3-13H,14-15H2,1-2H3,(H,28,31). The average molecular weight is 492 g/mol. The van der Waals surface area contributed by atoms with Crippen LogP contribution in [0, 0.1) is 6.92 Å². The number of hydrogen-bond acceptors (Lipinski definition) is 6. The molecule has 0 fully saturated rings. The Morgan fingerprint density at radius 1 is 1.03 bits per heavy atom. The van der Waals surface area contributed by atoms with Crippen LogP contribution in [0.2, 0.25) is 5.02 Å². The zero-order valence-corrected chi connectivity index (χ0v) is 19.8. The molecule has 1 N–H and O–H groups in total. The van der Waals surface area contributed by atoms with Gasteiger partial charge >= 0.3 is 5.97 Å². The summed E-state index contributed by atoms with van der Waals surface area (Å²) in [4.78, 5) is 38.4. The number of carbonyl (C=O) groups excluding carboxylic acids is 2. The van der Waals surface area contributed by atoms with E-state index in [2.05, 4.69) is 10.4 Å². The maximum Gasteiger partial charge on any atom is 0.359 e. The fourth-order valence-corrected chi connectivity index (χ4v) is 3.72. The first-order valence-corrected chi connectivity index (χ1v) is 11.1. The van der Waals surface area contributed by atoms with Crippen molar-refractivity contribution < 1.29 is 19.1 Å². The van der Waals surface area contributed by atoms with E-state index >= 15 is 0 Å². The third-order valence-electron chi connectivity index (χ3n) is 5.33. The van der Waals surface area contributed by atoms with Gasteiger partial charge in [-0.25, -0.2) is 9.48 Å². The fourth-order valence-electron chi connectivity index (χ4n) is 3.57. The van der Waals surface area contributed by atoms with Crippen LogP contribution in [-0.4, -0.2) is 35.4 Å².